The number of anilines is 1. The van der Waals surface area contributed by atoms with Gasteiger partial charge < -0.3 is 15.4 Å². The van der Waals surface area contributed by atoms with Gasteiger partial charge in [0.1, 0.15) is 11.9 Å². The zero-order chi connectivity index (χ0) is 20.0. The second kappa shape index (κ2) is 9.27. The predicted molar refractivity (Wildman–Crippen MR) is 101 cm³/mol. The van der Waals surface area contributed by atoms with Gasteiger partial charge >= 0.3 is 5.97 Å². The number of hydrogen-bond acceptors (Lipinski definition) is 5. The minimum Gasteiger partial charge on any atom is -0.454 e. The van der Waals surface area contributed by atoms with E-state index >= 15 is 0 Å². The Kier molecular flexibility index (Phi) is 7.06. The lowest BCUT2D eigenvalue weighted by Gasteiger charge is -2.20. The van der Waals surface area contributed by atoms with Crippen molar-refractivity contribution in [3.8, 4) is 0 Å². The third kappa shape index (κ3) is 5.89. The number of nitrogens with one attached hydrogen (secondary N) is 2. The van der Waals surface area contributed by atoms with Crippen LogP contribution in [0.1, 0.15) is 29.1 Å². The van der Waals surface area contributed by atoms with Gasteiger partial charge in [0.25, 0.3) is 11.8 Å². The zero-order valence-electron chi connectivity index (χ0n) is 15.2. The first-order valence-corrected chi connectivity index (χ1v) is 9.23. The average Bonchev–Trinajstić information content (AvgIpc) is 3.15. The van der Waals surface area contributed by atoms with E-state index in [2.05, 4.69) is 10.6 Å². The molecule has 0 saturated heterocycles. The second-order valence-electron chi connectivity index (χ2n) is 6.29. The number of ether oxygens (including phenoxy) is 1. The Labute approximate surface area is 160 Å². The smallest absolute Gasteiger partial charge is 0.329 e. The highest BCUT2D eigenvalue weighted by molar-refractivity contribution is 7.12. The van der Waals surface area contributed by atoms with Gasteiger partial charge in [0, 0.05) is 5.69 Å². The number of hydrogen-bond donors (Lipinski definition) is 2. The number of carbonyl (C=O) groups is 3. The summed E-state index contributed by atoms with van der Waals surface area (Å²) in [5.41, 5.74) is 0.728. The van der Waals surface area contributed by atoms with Gasteiger partial charge in [0.15, 0.2) is 6.61 Å². The van der Waals surface area contributed by atoms with Crippen LogP contribution in [-0.2, 0) is 14.3 Å². The molecule has 2 N–H and O–H groups in total. The molecule has 8 heteroatoms. The van der Waals surface area contributed by atoms with Gasteiger partial charge in [0.05, 0.1) is 4.88 Å². The summed E-state index contributed by atoms with van der Waals surface area (Å²) in [6.45, 7) is 4.59. The highest BCUT2D eigenvalue weighted by atomic mass is 32.1. The summed E-state index contributed by atoms with van der Waals surface area (Å²) in [5.74, 6) is -2.35. The van der Waals surface area contributed by atoms with Crippen LogP contribution in [0.5, 0.6) is 0 Å². The molecule has 0 aliphatic heterocycles. The summed E-state index contributed by atoms with van der Waals surface area (Å²) in [5, 5.41) is 6.84. The molecule has 2 aromatic rings. The summed E-state index contributed by atoms with van der Waals surface area (Å²) < 4.78 is 18.5. The van der Waals surface area contributed by atoms with Crippen molar-refractivity contribution in [3.63, 3.8) is 0 Å². The second-order valence-corrected chi connectivity index (χ2v) is 7.24. The van der Waals surface area contributed by atoms with Gasteiger partial charge in [-0.05, 0) is 42.0 Å². The molecule has 0 unspecified atom stereocenters. The van der Waals surface area contributed by atoms with Gasteiger partial charge in [-0.1, -0.05) is 26.0 Å². The van der Waals surface area contributed by atoms with E-state index in [9.17, 15) is 18.8 Å². The maximum atomic E-state index is 13.5. The number of thiophene rings is 1. The van der Waals surface area contributed by atoms with E-state index in [4.69, 9.17) is 4.74 Å². The van der Waals surface area contributed by atoms with Crippen molar-refractivity contribution >= 4 is 34.8 Å². The molecule has 1 aromatic carbocycles. The SMILES string of the molecule is Cc1ccc(NC(=O)COC(=O)[C@H](NC(=O)c2cccs2)C(C)C)cc1F. The third-order valence-corrected chi connectivity index (χ3v) is 4.62. The molecule has 27 heavy (non-hydrogen) atoms. The molecular weight excluding hydrogens is 371 g/mol. The number of benzene rings is 1. The van der Waals surface area contributed by atoms with E-state index < -0.39 is 30.3 Å². The lowest BCUT2D eigenvalue weighted by molar-refractivity contribution is -0.150. The summed E-state index contributed by atoms with van der Waals surface area (Å²) in [4.78, 5) is 36.8. The molecule has 0 saturated carbocycles. The average molecular weight is 392 g/mol. The Bertz CT molecular complexity index is 821. The van der Waals surface area contributed by atoms with Crippen molar-refractivity contribution < 1.29 is 23.5 Å². The number of aryl methyl sites for hydroxylation is 1. The van der Waals surface area contributed by atoms with Crippen LogP contribution in [0.4, 0.5) is 10.1 Å². The fraction of sp³-hybridized carbons (Fsp3) is 0.316. The summed E-state index contributed by atoms with van der Waals surface area (Å²) in [6, 6.07) is 6.77. The van der Waals surface area contributed by atoms with Crippen molar-refractivity contribution in [2.45, 2.75) is 26.8 Å². The lowest BCUT2D eigenvalue weighted by atomic mass is 10.0. The van der Waals surface area contributed by atoms with Gasteiger partial charge in [-0.2, -0.15) is 0 Å². The maximum absolute atomic E-state index is 13.5. The van der Waals surface area contributed by atoms with Crippen LogP contribution in [0.2, 0.25) is 0 Å². The van der Waals surface area contributed by atoms with Crippen LogP contribution >= 0.6 is 11.3 Å². The summed E-state index contributed by atoms with van der Waals surface area (Å²) in [7, 11) is 0. The van der Waals surface area contributed by atoms with Crippen molar-refractivity contribution in [1.82, 2.24) is 5.32 Å². The van der Waals surface area contributed by atoms with Crippen LogP contribution in [-0.4, -0.2) is 30.4 Å². The molecule has 0 aliphatic carbocycles. The number of esters is 1. The van der Waals surface area contributed by atoms with E-state index in [0.29, 0.717) is 10.4 Å². The fourth-order valence-electron chi connectivity index (χ4n) is 2.21. The van der Waals surface area contributed by atoms with Crippen molar-refractivity contribution in [2.75, 3.05) is 11.9 Å². The molecular formula is C19H21FN2O4S. The monoisotopic (exact) mass is 392 g/mol. The summed E-state index contributed by atoms with van der Waals surface area (Å²) >= 11 is 1.26. The van der Waals surface area contributed by atoms with Crippen LogP contribution < -0.4 is 10.6 Å². The molecule has 0 fully saturated rings. The van der Waals surface area contributed by atoms with Gasteiger partial charge in [-0.3, -0.25) is 9.59 Å². The fourth-order valence-corrected chi connectivity index (χ4v) is 2.84. The largest absolute Gasteiger partial charge is 0.454 e. The van der Waals surface area contributed by atoms with Gasteiger partial charge in [-0.15, -0.1) is 11.3 Å². The first kappa shape index (κ1) is 20.6. The molecule has 0 bridgehead atoms. The third-order valence-electron chi connectivity index (χ3n) is 3.75. The summed E-state index contributed by atoms with van der Waals surface area (Å²) in [6.07, 6.45) is 0. The van der Waals surface area contributed by atoms with Crippen molar-refractivity contribution in [3.05, 3.63) is 52.0 Å². The quantitative estimate of drug-likeness (QED) is 0.709. The van der Waals surface area contributed by atoms with Crippen LogP contribution in [0, 0.1) is 18.7 Å². The van der Waals surface area contributed by atoms with Gasteiger partial charge in [0.2, 0.25) is 0 Å². The molecule has 1 aromatic heterocycles. The standard InChI is InChI=1S/C19H21FN2O4S/c1-11(2)17(22-18(24)15-5-4-8-27-15)19(25)26-10-16(23)21-13-7-6-12(3)14(20)9-13/h4-9,11,17H,10H2,1-3H3,(H,21,23)(H,22,24)/t17-/m1/s1. The van der Waals surface area contributed by atoms with Crippen LogP contribution in [0.3, 0.4) is 0 Å². The van der Waals surface area contributed by atoms with E-state index in [0.717, 1.165) is 0 Å². The minimum atomic E-state index is -0.885. The lowest BCUT2D eigenvalue weighted by Crippen LogP contribution is -2.45. The number of rotatable bonds is 7. The normalized spacial score (nSPS) is 11.7. The predicted octanol–water partition coefficient (Wildman–Crippen LogP) is 3.13. The Morgan fingerprint density at radius 3 is 2.56 bits per heavy atom. The molecule has 6 nitrogen and oxygen atoms in total. The Morgan fingerprint density at radius 2 is 1.96 bits per heavy atom. The van der Waals surface area contributed by atoms with E-state index in [1.807, 2.05) is 0 Å². The molecule has 2 rings (SSSR count). The van der Waals surface area contributed by atoms with E-state index in [1.165, 1.54) is 23.5 Å². The zero-order valence-corrected chi connectivity index (χ0v) is 16.1. The van der Waals surface area contributed by atoms with E-state index in [1.54, 1.807) is 44.4 Å². The molecule has 1 atom stereocenters. The Morgan fingerprint density at radius 1 is 1.22 bits per heavy atom. The van der Waals surface area contributed by atoms with E-state index in [-0.39, 0.29) is 17.5 Å². The first-order chi connectivity index (χ1) is 12.8. The number of carbonyl (C=O) groups excluding carboxylic acids is 3. The Balaban J connectivity index is 1.89. The number of amides is 2. The number of halogens is 1. The highest BCUT2D eigenvalue weighted by Crippen LogP contribution is 2.14. The Hall–Kier alpha value is -2.74. The molecule has 2 amide bonds. The molecule has 1 heterocycles. The highest BCUT2D eigenvalue weighted by Gasteiger charge is 2.27. The van der Waals surface area contributed by atoms with Crippen LogP contribution in [0.15, 0.2) is 35.7 Å². The molecule has 0 aliphatic rings. The topological polar surface area (TPSA) is 84.5 Å². The van der Waals surface area contributed by atoms with Gasteiger partial charge in [-0.25, -0.2) is 9.18 Å². The van der Waals surface area contributed by atoms with Crippen LogP contribution in [0.25, 0.3) is 0 Å². The first-order valence-electron chi connectivity index (χ1n) is 8.35. The van der Waals surface area contributed by atoms with Crippen molar-refractivity contribution in [2.24, 2.45) is 5.92 Å². The minimum absolute atomic E-state index is 0.226. The molecule has 0 spiro atoms. The molecule has 144 valence electrons. The molecule has 0 radical (unpaired) electrons. The van der Waals surface area contributed by atoms with Crippen molar-refractivity contribution in [1.29, 1.82) is 0 Å². The maximum Gasteiger partial charge on any atom is 0.329 e.